The second-order valence-corrected chi connectivity index (χ2v) is 4.69. The van der Waals surface area contributed by atoms with Gasteiger partial charge in [0.05, 0.1) is 14.2 Å². The number of aromatic nitrogens is 1. The largest absolute Gasteiger partial charge is 0.497 e. The number of rotatable bonds is 4. The van der Waals surface area contributed by atoms with Gasteiger partial charge in [-0.3, -0.25) is 0 Å². The van der Waals surface area contributed by atoms with Gasteiger partial charge < -0.3 is 19.6 Å². The SMILES string of the molecule is COc1ccc(-c2nc(N)oc2-c2ccc(OC)cc2)cc1. The van der Waals surface area contributed by atoms with Crippen LogP contribution in [0.2, 0.25) is 0 Å². The van der Waals surface area contributed by atoms with E-state index in [2.05, 4.69) is 4.98 Å². The van der Waals surface area contributed by atoms with Crippen LogP contribution in [0.3, 0.4) is 0 Å². The number of ether oxygens (including phenoxy) is 2. The molecular weight excluding hydrogens is 280 g/mol. The van der Waals surface area contributed by atoms with E-state index < -0.39 is 0 Å². The Morgan fingerprint density at radius 3 is 1.82 bits per heavy atom. The highest BCUT2D eigenvalue weighted by Crippen LogP contribution is 2.34. The number of hydrogen-bond acceptors (Lipinski definition) is 5. The van der Waals surface area contributed by atoms with Crippen LogP contribution in [0.4, 0.5) is 6.01 Å². The lowest BCUT2D eigenvalue weighted by Gasteiger charge is -2.04. The molecule has 0 bridgehead atoms. The van der Waals surface area contributed by atoms with Gasteiger partial charge in [0.15, 0.2) is 5.76 Å². The molecule has 2 N–H and O–H groups in total. The lowest BCUT2D eigenvalue weighted by Crippen LogP contribution is -1.86. The normalized spacial score (nSPS) is 10.5. The minimum Gasteiger partial charge on any atom is -0.497 e. The van der Waals surface area contributed by atoms with Crippen LogP contribution in [0, 0.1) is 0 Å². The average Bonchev–Trinajstić information content (AvgIpc) is 2.97. The molecule has 0 spiro atoms. The van der Waals surface area contributed by atoms with E-state index in [0.717, 1.165) is 22.6 Å². The summed E-state index contributed by atoms with van der Waals surface area (Å²) in [5.74, 6) is 2.19. The number of hydrogen-bond donors (Lipinski definition) is 1. The molecule has 3 rings (SSSR count). The van der Waals surface area contributed by atoms with Gasteiger partial charge in [-0.25, -0.2) is 0 Å². The van der Waals surface area contributed by atoms with Gasteiger partial charge >= 0.3 is 0 Å². The highest BCUT2D eigenvalue weighted by Gasteiger charge is 2.15. The molecule has 0 amide bonds. The first-order valence-corrected chi connectivity index (χ1v) is 6.76. The number of methoxy groups -OCH3 is 2. The molecule has 0 unspecified atom stereocenters. The molecule has 0 aliphatic carbocycles. The van der Waals surface area contributed by atoms with Crippen LogP contribution in [-0.2, 0) is 0 Å². The van der Waals surface area contributed by atoms with Crippen LogP contribution in [0.15, 0.2) is 52.9 Å². The molecule has 1 aromatic heterocycles. The van der Waals surface area contributed by atoms with Crippen molar-refractivity contribution in [3.05, 3.63) is 48.5 Å². The minimum absolute atomic E-state index is 0.136. The summed E-state index contributed by atoms with van der Waals surface area (Å²) in [4.78, 5) is 4.29. The number of nitrogens with two attached hydrogens (primary N) is 1. The zero-order valence-corrected chi connectivity index (χ0v) is 12.4. The maximum atomic E-state index is 5.74. The number of oxazole rings is 1. The van der Waals surface area contributed by atoms with Crippen molar-refractivity contribution >= 4 is 6.01 Å². The lowest BCUT2D eigenvalue weighted by atomic mass is 10.1. The first-order chi connectivity index (χ1) is 10.7. The minimum atomic E-state index is 0.136. The molecule has 2 aromatic carbocycles. The molecule has 0 atom stereocenters. The Balaban J connectivity index is 2.04. The van der Waals surface area contributed by atoms with E-state index >= 15 is 0 Å². The van der Waals surface area contributed by atoms with Crippen molar-refractivity contribution < 1.29 is 13.9 Å². The maximum Gasteiger partial charge on any atom is 0.293 e. The Morgan fingerprint density at radius 2 is 1.32 bits per heavy atom. The number of nitrogens with zero attached hydrogens (tertiary/aromatic N) is 1. The van der Waals surface area contributed by atoms with Crippen molar-refractivity contribution in [2.45, 2.75) is 0 Å². The van der Waals surface area contributed by atoms with Crippen LogP contribution < -0.4 is 15.2 Å². The average molecular weight is 296 g/mol. The molecule has 5 nitrogen and oxygen atoms in total. The van der Waals surface area contributed by atoms with Crippen LogP contribution in [-0.4, -0.2) is 19.2 Å². The molecular formula is C17H16N2O3. The van der Waals surface area contributed by atoms with Gasteiger partial charge in [-0.15, -0.1) is 0 Å². The summed E-state index contributed by atoms with van der Waals surface area (Å²) in [6, 6.07) is 15.3. The van der Waals surface area contributed by atoms with E-state index in [0.29, 0.717) is 11.5 Å². The maximum absolute atomic E-state index is 5.74. The van der Waals surface area contributed by atoms with Gasteiger partial charge in [0.2, 0.25) is 0 Å². The van der Waals surface area contributed by atoms with Crippen LogP contribution in [0.25, 0.3) is 22.6 Å². The summed E-state index contributed by atoms with van der Waals surface area (Å²) in [5.41, 5.74) is 8.23. The van der Waals surface area contributed by atoms with Crippen molar-refractivity contribution in [2.24, 2.45) is 0 Å². The number of nitrogen functional groups attached to an aromatic ring is 1. The lowest BCUT2D eigenvalue weighted by molar-refractivity contribution is 0.414. The van der Waals surface area contributed by atoms with E-state index in [1.54, 1.807) is 14.2 Å². The summed E-state index contributed by atoms with van der Waals surface area (Å²) >= 11 is 0. The fraction of sp³-hybridized carbons (Fsp3) is 0.118. The van der Waals surface area contributed by atoms with Gasteiger partial charge in [-0.2, -0.15) is 4.98 Å². The summed E-state index contributed by atoms with van der Waals surface area (Å²) in [5, 5.41) is 0. The van der Waals surface area contributed by atoms with Crippen LogP contribution in [0.1, 0.15) is 0 Å². The van der Waals surface area contributed by atoms with Gasteiger partial charge in [-0.05, 0) is 48.5 Å². The molecule has 5 heteroatoms. The summed E-state index contributed by atoms with van der Waals surface area (Å²) in [6.45, 7) is 0. The number of benzene rings is 2. The van der Waals surface area contributed by atoms with E-state index in [4.69, 9.17) is 19.6 Å². The third-order valence-corrected chi connectivity index (χ3v) is 3.36. The molecule has 0 fully saturated rings. The molecule has 1 heterocycles. The van der Waals surface area contributed by atoms with Gasteiger partial charge in [0.25, 0.3) is 6.01 Å². The monoisotopic (exact) mass is 296 g/mol. The zero-order chi connectivity index (χ0) is 15.5. The molecule has 22 heavy (non-hydrogen) atoms. The molecule has 0 aliphatic heterocycles. The van der Waals surface area contributed by atoms with E-state index in [1.165, 1.54) is 0 Å². The zero-order valence-electron chi connectivity index (χ0n) is 12.4. The fourth-order valence-corrected chi connectivity index (χ4v) is 2.22. The third-order valence-electron chi connectivity index (χ3n) is 3.36. The summed E-state index contributed by atoms with van der Waals surface area (Å²) in [6.07, 6.45) is 0. The molecule has 3 aromatic rings. The fourth-order valence-electron chi connectivity index (χ4n) is 2.22. The third kappa shape index (κ3) is 2.61. The Bertz CT molecular complexity index is 697. The quantitative estimate of drug-likeness (QED) is 0.796. The standard InChI is InChI=1S/C17H16N2O3/c1-20-13-7-3-11(4-8-13)15-16(22-17(18)19-15)12-5-9-14(21-2)10-6-12/h3-10H,1-2H3,(H2,18,19). The van der Waals surface area contributed by atoms with Crippen LogP contribution >= 0.6 is 0 Å². The first kappa shape index (κ1) is 14.0. The Hall–Kier alpha value is -2.95. The molecule has 112 valence electrons. The van der Waals surface area contributed by atoms with Crippen LogP contribution in [0.5, 0.6) is 11.5 Å². The van der Waals surface area contributed by atoms with E-state index in [-0.39, 0.29) is 6.01 Å². The van der Waals surface area contributed by atoms with Gasteiger partial charge in [-0.1, -0.05) is 0 Å². The Labute approximate surface area is 128 Å². The molecule has 0 aliphatic rings. The van der Waals surface area contributed by atoms with Gasteiger partial charge in [0, 0.05) is 11.1 Å². The summed E-state index contributed by atoms with van der Waals surface area (Å²) in [7, 11) is 3.26. The van der Waals surface area contributed by atoms with E-state index in [1.807, 2.05) is 48.5 Å². The second kappa shape index (κ2) is 5.81. The first-order valence-electron chi connectivity index (χ1n) is 6.76. The smallest absolute Gasteiger partial charge is 0.293 e. The molecule has 0 saturated heterocycles. The topological polar surface area (TPSA) is 70.5 Å². The van der Waals surface area contributed by atoms with Gasteiger partial charge in [0.1, 0.15) is 17.2 Å². The highest BCUT2D eigenvalue weighted by molar-refractivity contribution is 5.78. The number of anilines is 1. The Morgan fingerprint density at radius 1 is 0.818 bits per heavy atom. The summed E-state index contributed by atoms with van der Waals surface area (Å²) < 4.78 is 15.9. The predicted molar refractivity (Wildman–Crippen MR) is 84.9 cm³/mol. The Kier molecular flexibility index (Phi) is 3.70. The second-order valence-electron chi connectivity index (χ2n) is 4.69. The van der Waals surface area contributed by atoms with Crippen molar-refractivity contribution in [2.75, 3.05) is 20.0 Å². The molecule has 0 radical (unpaired) electrons. The van der Waals surface area contributed by atoms with Crippen molar-refractivity contribution in [3.8, 4) is 34.1 Å². The van der Waals surface area contributed by atoms with Crippen molar-refractivity contribution in [3.63, 3.8) is 0 Å². The van der Waals surface area contributed by atoms with Crippen molar-refractivity contribution in [1.82, 2.24) is 4.98 Å². The van der Waals surface area contributed by atoms with E-state index in [9.17, 15) is 0 Å². The molecule has 0 saturated carbocycles. The highest BCUT2D eigenvalue weighted by atomic mass is 16.5. The predicted octanol–water partition coefficient (Wildman–Crippen LogP) is 3.61. The van der Waals surface area contributed by atoms with Crippen molar-refractivity contribution in [1.29, 1.82) is 0 Å².